The van der Waals surface area contributed by atoms with E-state index in [1.807, 2.05) is 6.92 Å². The Morgan fingerprint density at radius 3 is 2.48 bits per heavy atom. The van der Waals surface area contributed by atoms with Crippen molar-refractivity contribution in [3.63, 3.8) is 0 Å². The van der Waals surface area contributed by atoms with Gasteiger partial charge in [0.1, 0.15) is 0 Å². The van der Waals surface area contributed by atoms with E-state index in [-0.39, 0.29) is 0 Å². The van der Waals surface area contributed by atoms with Crippen LogP contribution >= 0.6 is 0 Å². The van der Waals surface area contributed by atoms with E-state index in [0.29, 0.717) is 12.5 Å². The maximum Gasteiger partial charge on any atom is 0.0743 e. The van der Waals surface area contributed by atoms with Gasteiger partial charge in [-0.05, 0) is 118 Å². The van der Waals surface area contributed by atoms with E-state index in [4.69, 9.17) is 0 Å². The summed E-state index contributed by atoms with van der Waals surface area (Å²) < 4.78 is 0. The predicted octanol–water partition coefficient (Wildman–Crippen LogP) is 6.31. The van der Waals surface area contributed by atoms with Crippen LogP contribution in [0.3, 0.4) is 0 Å². The van der Waals surface area contributed by atoms with Gasteiger partial charge in [-0.1, -0.05) is 12.1 Å². The van der Waals surface area contributed by atoms with Crippen molar-refractivity contribution in [3.05, 3.63) is 65.0 Å². The molecule has 3 heterocycles. The standard InChI is InChI=1S/C29H35N3O/c1-18-12-23(24-13-19(2)31-20(3)14-24)16-27-28(18)25-15-22(7-8-26(25)32-27)21-6-5-10-29(4,33)17-30-11-9-21/h7-8,12-16,21,30,32-33H,5-6,9-11,17H2,1-4H3. The van der Waals surface area contributed by atoms with Crippen molar-refractivity contribution in [2.45, 2.75) is 64.9 Å². The molecule has 172 valence electrons. The number of aromatic amines is 1. The van der Waals surface area contributed by atoms with Crippen LogP contribution in [0, 0.1) is 20.8 Å². The van der Waals surface area contributed by atoms with Gasteiger partial charge in [0.15, 0.2) is 0 Å². The average molecular weight is 442 g/mol. The number of pyridine rings is 1. The third-order valence-electron chi connectivity index (χ3n) is 7.25. The van der Waals surface area contributed by atoms with Crippen LogP contribution in [0.1, 0.15) is 61.0 Å². The number of aromatic nitrogens is 2. The normalized spacial score (nSPS) is 22.3. The highest BCUT2D eigenvalue weighted by molar-refractivity contribution is 6.10. The molecule has 1 fully saturated rings. The molecule has 1 aliphatic rings. The number of aryl methyl sites for hydroxylation is 3. The number of H-pyrrole nitrogens is 1. The molecule has 0 aliphatic carbocycles. The van der Waals surface area contributed by atoms with Gasteiger partial charge in [0, 0.05) is 39.7 Å². The number of rotatable bonds is 2. The fourth-order valence-corrected chi connectivity index (χ4v) is 5.62. The SMILES string of the molecule is Cc1cc(-c2cc(C)c3c(c2)[nH]c2ccc(C4CCCC(C)(O)CNCC4)cc23)cc(C)n1. The van der Waals surface area contributed by atoms with E-state index in [1.54, 1.807) is 0 Å². The molecule has 4 aromatic rings. The van der Waals surface area contributed by atoms with Crippen LogP contribution < -0.4 is 5.32 Å². The monoisotopic (exact) mass is 441 g/mol. The summed E-state index contributed by atoms with van der Waals surface area (Å²) in [7, 11) is 0. The molecule has 0 spiro atoms. The second-order valence-corrected chi connectivity index (χ2v) is 10.3. The summed E-state index contributed by atoms with van der Waals surface area (Å²) in [5.41, 5.74) is 9.05. The van der Waals surface area contributed by atoms with Gasteiger partial charge in [-0.25, -0.2) is 0 Å². The molecule has 1 saturated heterocycles. The topological polar surface area (TPSA) is 60.9 Å². The Kier molecular flexibility index (Phi) is 5.75. The molecular formula is C29H35N3O. The fraction of sp³-hybridized carbons (Fsp3) is 0.414. The first-order chi connectivity index (χ1) is 15.8. The number of nitrogens with one attached hydrogen (secondary N) is 2. The maximum atomic E-state index is 10.5. The van der Waals surface area contributed by atoms with Crippen LogP contribution in [0.15, 0.2) is 42.5 Å². The second-order valence-electron chi connectivity index (χ2n) is 10.3. The molecule has 2 aromatic heterocycles. The molecule has 2 aromatic carbocycles. The van der Waals surface area contributed by atoms with E-state index in [1.165, 1.54) is 44.1 Å². The Morgan fingerprint density at radius 1 is 0.939 bits per heavy atom. The van der Waals surface area contributed by atoms with Crippen molar-refractivity contribution < 1.29 is 5.11 Å². The number of fused-ring (bicyclic) bond motifs is 3. The second kappa shape index (κ2) is 8.58. The molecular weight excluding hydrogens is 406 g/mol. The van der Waals surface area contributed by atoms with Gasteiger partial charge in [-0.3, -0.25) is 4.98 Å². The first-order valence-electron chi connectivity index (χ1n) is 12.2. The summed E-state index contributed by atoms with van der Waals surface area (Å²) in [6, 6.07) is 15.9. The van der Waals surface area contributed by atoms with Crippen LogP contribution in [0.5, 0.6) is 0 Å². The summed E-state index contributed by atoms with van der Waals surface area (Å²) in [4.78, 5) is 8.20. The summed E-state index contributed by atoms with van der Waals surface area (Å²) in [6.45, 7) is 9.91. The number of aliphatic hydroxyl groups is 1. The van der Waals surface area contributed by atoms with Gasteiger partial charge >= 0.3 is 0 Å². The van der Waals surface area contributed by atoms with Crippen LogP contribution in [-0.2, 0) is 0 Å². The van der Waals surface area contributed by atoms with Gasteiger partial charge in [-0.2, -0.15) is 0 Å². The first kappa shape index (κ1) is 22.1. The van der Waals surface area contributed by atoms with E-state index in [0.717, 1.165) is 43.6 Å². The van der Waals surface area contributed by atoms with Gasteiger partial charge < -0.3 is 15.4 Å². The van der Waals surface area contributed by atoms with Gasteiger partial charge in [-0.15, -0.1) is 0 Å². The minimum Gasteiger partial charge on any atom is -0.389 e. The molecule has 0 saturated carbocycles. The van der Waals surface area contributed by atoms with Crippen LogP contribution in [0.4, 0.5) is 0 Å². The molecule has 4 nitrogen and oxygen atoms in total. The van der Waals surface area contributed by atoms with Crippen molar-refractivity contribution in [2.24, 2.45) is 0 Å². The molecule has 0 amide bonds. The molecule has 0 bridgehead atoms. The quantitative estimate of drug-likeness (QED) is 0.342. The average Bonchev–Trinajstić information content (AvgIpc) is 3.15. The van der Waals surface area contributed by atoms with E-state index >= 15 is 0 Å². The molecule has 5 rings (SSSR count). The minimum absolute atomic E-state index is 0.517. The number of hydrogen-bond donors (Lipinski definition) is 3. The highest BCUT2D eigenvalue weighted by Gasteiger charge is 2.23. The lowest BCUT2D eigenvalue weighted by atomic mass is 9.88. The first-order valence-corrected chi connectivity index (χ1v) is 12.2. The molecule has 2 atom stereocenters. The van der Waals surface area contributed by atoms with Crippen molar-refractivity contribution in [1.82, 2.24) is 15.3 Å². The summed E-state index contributed by atoms with van der Waals surface area (Å²) >= 11 is 0. The highest BCUT2D eigenvalue weighted by atomic mass is 16.3. The third-order valence-corrected chi connectivity index (χ3v) is 7.25. The summed E-state index contributed by atoms with van der Waals surface area (Å²) in [5, 5.41) is 16.6. The molecule has 2 unspecified atom stereocenters. The zero-order chi connectivity index (χ0) is 23.2. The van der Waals surface area contributed by atoms with E-state index in [9.17, 15) is 5.11 Å². The summed E-state index contributed by atoms with van der Waals surface area (Å²) in [6.07, 6.45) is 4.13. The predicted molar refractivity (Wildman–Crippen MR) is 138 cm³/mol. The lowest BCUT2D eigenvalue weighted by Gasteiger charge is -2.22. The molecule has 3 N–H and O–H groups in total. The van der Waals surface area contributed by atoms with Crippen molar-refractivity contribution in [1.29, 1.82) is 0 Å². The van der Waals surface area contributed by atoms with Gasteiger partial charge in [0.05, 0.1) is 5.60 Å². The van der Waals surface area contributed by atoms with Gasteiger partial charge in [0.25, 0.3) is 0 Å². The van der Waals surface area contributed by atoms with Crippen molar-refractivity contribution in [2.75, 3.05) is 13.1 Å². The number of nitrogens with zero attached hydrogens (tertiary/aromatic N) is 1. The summed E-state index contributed by atoms with van der Waals surface area (Å²) in [5.74, 6) is 0.517. The zero-order valence-electron chi connectivity index (χ0n) is 20.3. The minimum atomic E-state index is -0.601. The van der Waals surface area contributed by atoms with Crippen molar-refractivity contribution >= 4 is 21.8 Å². The smallest absolute Gasteiger partial charge is 0.0743 e. The Balaban J connectivity index is 1.53. The van der Waals surface area contributed by atoms with Gasteiger partial charge in [0.2, 0.25) is 0 Å². The zero-order valence-corrected chi connectivity index (χ0v) is 20.3. The molecule has 0 radical (unpaired) electrons. The Hall–Kier alpha value is -2.69. The fourth-order valence-electron chi connectivity index (χ4n) is 5.62. The lowest BCUT2D eigenvalue weighted by molar-refractivity contribution is 0.0500. The number of benzene rings is 2. The molecule has 4 heteroatoms. The van der Waals surface area contributed by atoms with Crippen LogP contribution in [-0.4, -0.2) is 33.8 Å². The van der Waals surface area contributed by atoms with Crippen LogP contribution in [0.25, 0.3) is 32.9 Å². The molecule has 33 heavy (non-hydrogen) atoms. The Bertz CT molecular complexity index is 1300. The largest absolute Gasteiger partial charge is 0.389 e. The van der Waals surface area contributed by atoms with E-state index in [2.05, 4.69) is 78.5 Å². The molecule has 1 aliphatic heterocycles. The highest BCUT2D eigenvalue weighted by Crippen LogP contribution is 2.36. The Morgan fingerprint density at radius 2 is 1.70 bits per heavy atom. The maximum absolute atomic E-state index is 10.5. The lowest BCUT2D eigenvalue weighted by Crippen LogP contribution is -2.37. The number of β-amino-alcohol motifs (C(OH)–C–C–N with tert-alkyl or cyclic N) is 1. The third kappa shape index (κ3) is 4.55. The van der Waals surface area contributed by atoms with Crippen molar-refractivity contribution in [3.8, 4) is 11.1 Å². The Labute approximate surface area is 196 Å². The van der Waals surface area contributed by atoms with E-state index < -0.39 is 5.60 Å². The number of hydrogen-bond acceptors (Lipinski definition) is 3. The van der Waals surface area contributed by atoms with Crippen LogP contribution in [0.2, 0.25) is 0 Å².